The minimum Gasteiger partial charge on any atom is -0.320 e. The summed E-state index contributed by atoms with van der Waals surface area (Å²) < 4.78 is 0. The van der Waals surface area contributed by atoms with Gasteiger partial charge in [-0.05, 0) is 5.92 Å². The Hall–Kier alpha value is -1.41. The summed E-state index contributed by atoms with van der Waals surface area (Å²) in [7, 11) is 0. The van der Waals surface area contributed by atoms with Gasteiger partial charge in [0.05, 0.1) is 12.1 Å². The minimum absolute atomic E-state index is 0.0534. The third-order valence-corrected chi connectivity index (χ3v) is 2.21. The summed E-state index contributed by atoms with van der Waals surface area (Å²) in [6, 6.07) is 0.952. The van der Waals surface area contributed by atoms with E-state index < -0.39 is 12.1 Å². The molecule has 0 aromatic rings. The first-order valence-corrected chi connectivity index (χ1v) is 4.58. The molecule has 0 saturated carbocycles. The first-order chi connectivity index (χ1) is 6.57. The molecule has 2 unspecified atom stereocenters. The summed E-state index contributed by atoms with van der Waals surface area (Å²) in [4.78, 5) is 11.7. The van der Waals surface area contributed by atoms with Crippen LogP contribution < -0.4 is 5.73 Å². The maximum absolute atomic E-state index is 11.7. The Labute approximate surface area is 83.2 Å². The van der Waals surface area contributed by atoms with Crippen LogP contribution in [0.15, 0.2) is 5.10 Å². The van der Waals surface area contributed by atoms with Gasteiger partial charge in [-0.1, -0.05) is 13.8 Å². The average Bonchev–Trinajstić information content (AvgIpc) is 2.62. The number of nitrogens with two attached hydrogens (primary N) is 1. The number of hydrazone groups is 1. The Morgan fingerprint density at radius 1 is 1.79 bits per heavy atom. The molecule has 0 aromatic carbocycles. The number of nitrogens with zero attached hydrogens (tertiary/aromatic N) is 3. The van der Waals surface area contributed by atoms with Gasteiger partial charge in [-0.15, -0.1) is 0 Å². The number of carbonyl (C=O) groups excluding carboxylic acids is 1. The molecule has 2 N–H and O–H groups in total. The lowest BCUT2D eigenvalue weighted by atomic mass is 10.0. The second-order valence-electron chi connectivity index (χ2n) is 3.63. The second-order valence-corrected chi connectivity index (χ2v) is 3.63. The van der Waals surface area contributed by atoms with Crippen LogP contribution in [0.3, 0.4) is 0 Å². The van der Waals surface area contributed by atoms with Crippen molar-refractivity contribution in [2.75, 3.05) is 0 Å². The highest BCUT2D eigenvalue weighted by Crippen LogP contribution is 2.13. The van der Waals surface area contributed by atoms with E-state index in [4.69, 9.17) is 11.0 Å². The summed E-state index contributed by atoms with van der Waals surface area (Å²) in [5.41, 5.74) is 5.68. The van der Waals surface area contributed by atoms with Crippen molar-refractivity contribution in [3.05, 3.63) is 0 Å². The predicted octanol–water partition coefficient (Wildman–Crippen LogP) is 0.0800. The lowest BCUT2D eigenvalue weighted by molar-refractivity contribution is -0.134. The molecule has 0 saturated heterocycles. The maximum atomic E-state index is 11.7. The van der Waals surface area contributed by atoms with Crippen molar-refractivity contribution in [1.29, 1.82) is 5.26 Å². The third-order valence-electron chi connectivity index (χ3n) is 2.21. The standard InChI is InChI=1S/C9H14N4O/c1-6(2)8(11)9(14)13-7(5-10)3-4-12-13/h4,6-8H,3,11H2,1-2H3. The molecule has 14 heavy (non-hydrogen) atoms. The van der Waals surface area contributed by atoms with Crippen LogP contribution in [0.4, 0.5) is 0 Å². The van der Waals surface area contributed by atoms with E-state index in [1.54, 1.807) is 6.21 Å². The van der Waals surface area contributed by atoms with E-state index in [-0.39, 0.29) is 11.8 Å². The molecule has 5 heteroatoms. The summed E-state index contributed by atoms with van der Waals surface area (Å²) in [6.07, 6.45) is 2.06. The number of carbonyl (C=O) groups is 1. The zero-order chi connectivity index (χ0) is 10.7. The highest BCUT2D eigenvalue weighted by molar-refractivity contribution is 5.84. The van der Waals surface area contributed by atoms with E-state index in [1.165, 1.54) is 5.01 Å². The van der Waals surface area contributed by atoms with Gasteiger partial charge in [-0.2, -0.15) is 10.4 Å². The van der Waals surface area contributed by atoms with Crippen LogP contribution in [-0.2, 0) is 4.79 Å². The Bertz CT molecular complexity index is 292. The molecule has 0 spiro atoms. The molecule has 1 rings (SSSR count). The van der Waals surface area contributed by atoms with Crippen LogP contribution in [0, 0.1) is 17.2 Å². The van der Waals surface area contributed by atoms with Crippen LogP contribution in [0.5, 0.6) is 0 Å². The van der Waals surface area contributed by atoms with Crippen LogP contribution in [0.25, 0.3) is 0 Å². The topological polar surface area (TPSA) is 82.5 Å². The maximum Gasteiger partial charge on any atom is 0.261 e. The van der Waals surface area contributed by atoms with Crippen LogP contribution in [-0.4, -0.2) is 29.2 Å². The van der Waals surface area contributed by atoms with Crippen molar-refractivity contribution < 1.29 is 4.79 Å². The van der Waals surface area contributed by atoms with Crippen LogP contribution >= 0.6 is 0 Å². The van der Waals surface area contributed by atoms with Gasteiger partial charge >= 0.3 is 0 Å². The molecule has 1 amide bonds. The second kappa shape index (κ2) is 4.20. The van der Waals surface area contributed by atoms with E-state index >= 15 is 0 Å². The van der Waals surface area contributed by atoms with Crippen LogP contribution in [0.1, 0.15) is 20.3 Å². The fraction of sp³-hybridized carbons (Fsp3) is 0.667. The summed E-state index contributed by atoms with van der Waals surface area (Å²) in [6.45, 7) is 3.73. The summed E-state index contributed by atoms with van der Waals surface area (Å²) in [5, 5.41) is 13.8. The number of amides is 1. The number of hydrogen-bond donors (Lipinski definition) is 1. The van der Waals surface area contributed by atoms with E-state index in [1.807, 2.05) is 19.9 Å². The van der Waals surface area contributed by atoms with E-state index in [0.717, 1.165) is 0 Å². The van der Waals surface area contributed by atoms with E-state index in [0.29, 0.717) is 6.42 Å². The highest BCUT2D eigenvalue weighted by Gasteiger charge is 2.31. The Kier molecular flexibility index (Phi) is 3.20. The smallest absolute Gasteiger partial charge is 0.261 e. The molecule has 1 aliphatic heterocycles. The van der Waals surface area contributed by atoms with Crippen molar-refractivity contribution in [3.63, 3.8) is 0 Å². The first-order valence-electron chi connectivity index (χ1n) is 4.58. The number of rotatable bonds is 2. The molecule has 0 bridgehead atoms. The van der Waals surface area contributed by atoms with Crippen molar-refractivity contribution in [3.8, 4) is 6.07 Å². The van der Waals surface area contributed by atoms with Gasteiger partial charge in [-0.25, -0.2) is 5.01 Å². The third kappa shape index (κ3) is 1.91. The van der Waals surface area contributed by atoms with Crippen LogP contribution in [0.2, 0.25) is 0 Å². The average molecular weight is 194 g/mol. The largest absolute Gasteiger partial charge is 0.320 e. The molecule has 76 valence electrons. The van der Waals surface area contributed by atoms with Gasteiger partial charge in [0, 0.05) is 12.6 Å². The molecule has 0 radical (unpaired) electrons. The fourth-order valence-electron chi connectivity index (χ4n) is 1.17. The monoisotopic (exact) mass is 194 g/mol. The molecule has 5 nitrogen and oxygen atoms in total. The van der Waals surface area contributed by atoms with Gasteiger partial charge < -0.3 is 5.73 Å². The van der Waals surface area contributed by atoms with Crippen molar-refractivity contribution in [2.45, 2.75) is 32.4 Å². The summed E-state index contributed by atoms with van der Waals surface area (Å²) in [5.74, 6) is -0.224. The van der Waals surface area contributed by atoms with Gasteiger partial charge in [-0.3, -0.25) is 4.79 Å². The molecule has 1 aliphatic rings. The molecule has 1 heterocycles. The lowest BCUT2D eigenvalue weighted by Crippen LogP contribution is -2.46. The first kappa shape index (κ1) is 10.7. The van der Waals surface area contributed by atoms with Crippen molar-refractivity contribution in [1.82, 2.24) is 5.01 Å². The molecule has 0 fully saturated rings. The fourth-order valence-corrected chi connectivity index (χ4v) is 1.17. The lowest BCUT2D eigenvalue weighted by Gasteiger charge is -2.22. The van der Waals surface area contributed by atoms with E-state index in [2.05, 4.69) is 5.10 Å². The van der Waals surface area contributed by atoms with Gasteiger partial charge in [0.1, 0.15) is 6.04 Å². The van der Waals surface area contributed by atoms with Crippen molar-refractivity contribution in [2.24, 2.45) is 16.8 Å². The van der Waals surface area contributed by atoms with Gasteiger partial charge in [0.25, 0.3) is 5.91 Å². The normalized spacial score (nSPS) is 22.5. The Morgan fingerprint density at radius 2 is 2.43 bits per heavy atom. The molecule has 0 aromatic heterocycles. The van der Waals surface area contributed by atoms with E-state index in [9.17, 15) is 4.79 Å². The Morgan fingerprint density at radius 3 is 2.93 bits per heavy atom. The molecule has 0 aliphatic carbocycles. The number of hydrogen-bond acceptors (Lipinski definition) is 4. The zero-order valence-electron chi connectivity index (χ0n) is 8.34. The zero-order valence-corrected chi connectivity index (χ0v) is 8.34. The molecular weight excluding hydrogens is 180 g/mol. The predicted molar refractivity (Wildman–Crippen MR) is 52.2 cm³/mol. The Balaban J connectivity index is 2.70. The van der Waals surface area contributed by atoms with Crippen molar-refractivity contribution >= 4 is 12.1 Å². The quantitative estimate of drug-likeness (QED) is 0.675. The molecular formula is C9H14N4O. The SMILES string of the molecule is CC(C)C(N)C(=O)N1N=CCC1C#N. The molecule has 2 atom stereocenters. The number of nitriles is 1. The summed E-state index contributed by atoms with van der Waals surface area (Å²) >= 11 is 0. The highest BCUT2D eigenvalue weighted by atomic mass is 16.2. The minimum atomic E-state index is -0.582. The van der Waals surface area contributed by atoms with Gasteiger partial charge in [0.2, 0.25) is 0 Å². The van der Waals surface area contributed by atoms with Gasteiger partial charge in [0.15, 0.2) is 0 Å².